The summed E-state index contributed by atoms with van der Waals surface area (Å²) < 4.78 is 13.6. The van der Waals surface area contributed by atoms with Gasteiger partial charge in [0.2, 0.25) is 0 Å². The Bertz CT molecular complexity index is 870. The number of amides is 1. The van der Waals surface area contributed by atoms with Gasteiger partial charge in [-0.3, -0.25) is 14.8 Å². The molecular formula is C20H19FN4O. The van der Waals surface area contributed by atoms with Crippen LogP contribution in [-0.2, 0) is 13.0 Å². The van der Waals surface area contributed by atoms with Crippen LogP contribution < -0.4 is 10.6 Å². The molecule has 2 aromatic heterocycles. The number of halogens is 1. The van der Waals surface area contributed by atoms with Gasteiger partial charge in [0, 0.05) is 37.4 Å². The third-order valence-electron chi connectivity index (χ3n) is 3.85. The van der Waals surface area contributed by atoms with Crippen molar-refractivity contribution in [2.45, 2.75) is 13.0 Å². The van der Waals surface area contributed by atoms with Crippen LogP contribution in [0.2, 0.25) is 0 Å². The maximum Gasteiger partial charge on any atom is 0.269 e. The molecule has 26 heavy (non-hydrogen) atoms. The van der Waals surface area contributed by atoms with Crippen molar-refractivity contribution < 1.29 is 9.18 Å². The van der Waals surface area contributed by atoms with E-state index in [9.17, 15) is 9.18 Å². The lowest BCUT2D eigenvalue weighted by molar-refractivity contribution is 0.0949. The topological polar surface area (TPSA) is 66.9 Å². The zero-order valence-electron chi connectivity index (χ0n) is 14.2. The van der Waals surface area contributed by atoms with E-state index in [-0.39, 0.29) is 11.7 Å². The number of rotatable bonds is 7. The van der Waals surface area contributed by atoms with Crippen LogP contribution >= 0.6 is 0 Å². The molecule has 0 unspecified atom stereocenters. The Morgan fingerprint density at radius 2 is 1.96 bits per heavy atom. The van der Waals surface area contributed by atoms with Gasteiger partial charge in [0.1, 0.15) is 11.5 Å². The SMILES string of the molecule is O=C(NCCc1ccccc1F)c1cc(NCc2cccnc2)ccn1. The summed E-state index contributed by atoms with van der Waals surface area (Å²) in [4.78, 5) is 20.4. The average molecular weight is 350 g/mol. The highest BCUT2D eigenvalue weighted by Gasteiger charge is 2.08. The van der Waals surface area contributed by atoms with E-state index in [1.54, 1.807) is 48.9 Å². The molecule has 0 bridgehead atoms. The van der Waals surface area contributed by atoms with Crippen molar-refractivity contribution in [1.82, 2.24) is 15.3 Å². The first kappa shape index (κ1) is 17.5. The summed E-state index contributed by atoms with van der Waals surface area (Å²) in [5.74, 6) is -0.548. The van der Waals surface area contributed by atoms with Gasteiger partial charge in [0.15, 0.2) is 0 Å². The highest BCUT2D eigenvalue weighted by molar-refractivity contribution is 5.93. The van der Waals surface area contributed by atoms with E-state index in [0.29, 0.717) is 30.8 Å². The van der Waals surface area contributed by atoms with Gasteiger partial charge >= 0.3 is 0 Å². The van der Waals surface area contributed by atoms with Gasteiger partial charge in [0.25, 0.3) is 5.91 Å². The molecule has 2 N–H and O–H groups in total. The summed E-state index contributed by atoms with van der Waals surface area (Å²) in [6, 6.07) is 13.9. The maximum atomic E-state index is 13.6. The summed E-state index contributed by atoms with van der Waals surface area (Å²) in [6.07, 6.45) is 5.51. The smallest absolute Gasteiger partial charge is 0.269 e. The number of hydrogen-bond donors (Lipinski definition) is 2. The standard InChI is InChI=1S/C20H19FN4O/c21-18-6-2-1-5-16(18)7-10-24-20(26)19-12-17(8-11-23-19)25-14-15-4-3-9-22-13-15/h1-6,8-9,11-13H,7,10,14H2,(H,23,25)(H,24,26). The van der Waals surface area contributed by atoms with Crippen molar-refractivity contribution in [2.75, 3.05) is 11.9 Å². The fourth-order valence-corrected chi connectivity index (χ4v) is 2.47. The second-order valence-electron chi connectivity index (χ2n) is 5.74. The number of nitrogens with one attached hydrogen (secondary N) is 2. The number of nitrogens with zero attached hydrogens (tertiary/aromatic N) is 2. The van der Waals surface area contributed by atoms with Gasteiger partial charge in [-0.15, -0.1) is 0 Å². The molecule has 0 saturated heterocycles. The van der Waals surface area contributed by atoms with Crippen LogP contribution in [0.4, 0.5) is 10.1 Å². The van der Waals surface area contributed by atoms with Crippen molar-refractivity contribution in [3.8, 4) is 0 Å². The zero-order valence-corrected chi connectivity index (χ0v) is 14.2. The average Bonchev–Trinajstić information content (AvgIpc) is 2.69. The Morgan fingerprint density at radius 1 is 1.08 bits per heavy atom. The van der Waals surface area contributed by atoms with E-state index in [4.69, 9.17) is 0 Å². The molecular weight excluding hydrogens is 331 g/mol. The second kappa shape index (κ2) is 8.71. The molecule has 0 aliphatic carbocycles. The Kier molecular flexibility index (Phi) is 5.88. The minimum atomic E-state index is -0.286. The van der Waals surface area contributed by atoms with Crippen LogP contribution in [0.15, 0.2) is 67.1 Å². The Balaban J connectivity index is 1.53. The number of carbonyl (C=O) groups excluding carboxylic acids is 1. The third-order valence-corrected chi connectivity index (χ3v) is 3.85. The lowest BCUT2D eigenvalue weighted by Crippen LogP contribution is -2.26. The van der Waals surface area contributed by atoms with E-state index < -0.39 is 0 Å². The summed E-state index contributed by atoms with van der Waals surface area (Å²) in [7, 11) is 0. The predicted molar refractivity (Wildman–Crippen MR) is 98.2 cm³/mol. The molecule has 0 saturated carbocycles. The molecule has 1 amide bonds. The minimum Gasteiger partial charge on any atom is -0.381 e. The van der Waals surface area contributed by atoms with E-state index in [2.05, 4.69) is 20.6 Å². The normalized spacial score (nSPS) is 10.3. The summed E-state index contributed by atoms with van der Waals surface area (Å²) >= 11 is 0. The number of hydrogen-bond acceptors (Lipinski definition) is 4. The van der Waals surface area contributed by atoms with E-state index in [1.807, 2.05) is 12.1 Å². The van der Waals surface area contributed by atoms with E-state index in [0.717, 1.165) is 11.3 Å². The lowest BCUT2D eigenvalue weighted by atomic mass is 10.1. The lowest BCUT2D eigenvalue weighted by Gasteiger charge is -2.09. The van der Waals surface area contributed by atoms with Crippen LogP contribution in [0, 0.1) is 5.82 Å². The summed E-state index contributed by atoms with van der Waals surface area (Å²) in [6.45, 7) is 0.945. The fraction of sp³-hybridized carbons (Fsp3) is 0.150. The second-order valence-corrected chi connectivity index (χ2v) is 5.74. The highest BCUT2D eigenvalue weighted by atomic mass is 19.1. The van der Waals surface area contributed by atoms with Crippen molar-refractivity contribution in [1.29, 1.82) is 0 Å². The number of pyridine rings is 2. The summed E-state index contributed by atoms with van der Waals surface area (Å²) in [5, 5.41) is 6.01. The first-order valence-corrected chi connectivity index (χ1v) is 8.33. The van der Waals surface area contributed by atoms with Gasteiger partial charge in [-0.25, -0.2) is 4.39 Å². The molecule has 1 aromatic carbocycles. The molecule has 0 fully saturated rings. The molecule has 0 radical (unpaired) electrons. The van der Waals surface area contributed by atoms with E-state index >= 15 is 0 Å². The number of carbonyl (C=O) groups is 1. The molecule has 0 atom stereocenters. The Labute approximate surface area is 151 Å². The molecule has 2 heterocycles. The fourth-order valence-electron chi connectivity index (χ4n) is 2.47. The van der Waals surface area contributed by atoms with Crippen LogP contribution in [0.5, 0.6) is 0 Å². The highest BCUT2D eigenvalue weighted by Crippen LogP contribution is 2.10. The van der Waals surface area contributed by atoms with Gasteiger partial charge < -0.3 is 10.6 Å². The first-order valence-electron chi connectivity index (χ1n) is 8.33. The monoisotopic (exact) mass is 350 g/mol. The molecule has 6 heteroatoms. The van der Waals surface area contributed by atoms with Gasteiger partial charge in [-0.1, -0.05) is 24.3 Å². The quantitative estimate of drug-likeness (QED) is 0.687. The van der Waals surface area contributed by atoms with Crippen molar-refractivity contribution >= 4 is 11.6 Å². The number of aromatic nitrogens is 2. The molecule has 0 aliphatic rings. The third kappa shape index (κ3) is 4.86. The predicted octanol–water partition coefficient (Wildman–Crippen LogP) is 3.20. The van der Waals surface area contributed by atoms with Crippen molar-refractivity contribution in [3.05, 3.63) is 89.8 Å². The van der Waals surface area contributed by atoms with Crippen LogP contribution in [0.25, 0.3) is 0 Å². The molecule has 0 aliphatic heterocycles. The van der Waals surface area contributed by atoms with Crippen molar-refractivity contribution in [3.63, 3.8) is 0 Å². The number of anilines is 1. The van der Waals surface area contributed by atoms with Crippen LogP contribution in [-0.4, -0.2) is 22.4 Å². The van der Waals surface area contributed by atoms with Gasteiger partial charge in [-0.05, 0) is 41.8 Å². The zero-order chi connectivity index (χ0) is 18.2. The van der Waals surface area contributed by atoms with Gasteiger partial charge in [0.05, 0.1) is 0 Å². The molecule has 132 valence electrons. The summed E-state index contributed by atoms with van der Waals surface area (Å²) in [5.41, 5.74) is 2.73. The van der Waals surface area contributed by atoms with Crippen LogP contribution in [0.3, 0.4) is 0 Å². The van der Waals surface area contributed by atoms with E-state index in [1.165, 1.54) is 6.07 Å². The number of benzene rings is 1. The minimum absolute atomic E-state index is 0.263. The molecule has 3 aromatic rings. The Morgan fingerprint density at radius 3 is 2.77 bits per heavy atom. The molecule has 3 rings (SSSR count). The van der Waals surface area contributed by atoms with Crippen molar-refractivity contribution in [2.24, 2.45) is 0 Å². The maximum absolute atomic E-state index is 13.6. The molecule has 0 spiro atoms. The largest absolute Gasteiger partial charge is 0.381 e. The Hall–Kier alpha value is -3.28. The van der Waals surface area contributed by atoms with Crippen LogP contribution in [0.1, 0.15) is 21.6 Å². The van der Waals surface area contributed by atoms with Gasteiger partial charge in [-0.2, -0.15) is 0 Å². The first-order chi connectivity index (χ1) is 12.7. The molecule has 5 nitrogen and oxygen atoms in total.